The van der Waals surface area contributed by atoms with Gasteiger partial charge >= 0.3 is 6.09 Å². The molecular formula is C15H24N4O2. The average molecular weight is 292 g/mol. The topological polar surface area (TPSA) is 57.2 Å². The highest BCUT2D eigenvalue weighted by atomic mass is 16.6. The summed E-state index contributed by atoms with van der Waals surface area (Å²) in [5, 5.41) is 3.23. The molecular weight excluding hydrogens is 268 g/mol. The first-order valence-corrected chi connectivity index (χ1v) is 7.33. The van der Waals surface area contributed by atoms with Crippen molar-refractivity contribution >= 4 is 12.1 Å². The Balaban J connectivity index is 1.87. The normalized spacial score (nSPS) is 21.1. The highest BCUT2D eigenvalue weighted by Gasteiger charge is 2.36. The van der Waals surface area contributed by atoms with E-state index in [9.17, 15) is 4.79 Å². The molecule has 0 unspecified atom stereocenters. The van der Waals surface area contributed by atoms with Gasteiger partial charge in [0.2, 0.25) is 0 Å². The Bertz CT molecular complexity index is 484. The maximum atomic E-state index is 12.1. The first-order valence-electron chi connectivity index (χ1n) is 7.33. The first-order chi connectivity index (χ1) is 9.90. The van der Waals surface area contributed by atoms with E-state index in [4.69, 9.17) is 4.74 Å². The van der Waals surface area contributed by atoms with Crippen LogP contribution in [-0.2, 0) is 4.74 Å². The second kappa shape index (κ2) is 6.25. The van der Waals surface area contributed by atoms with Crippen molar-refractivity contribution in [3.8, 4) is 11.8 Å². The number of aliphatic imine (C=N–C) groups is 1. The summed E-state index contributed by atoms with van der Waals surface area (Å²) in [6, 6.07) is 0.239. The summed E-state index contributed by atoms with van der Waals surface area (Å²) in [6.07, 6.45) is -0.236. The maximum absolute atomic E-state index is 12.1. The number of nitrogens with one attached hydrogen (secondary N) is 1. The molecule has 0 aliphatic carbocycles. The van der Waals surface area contributed by atoms with Crippen molar-refractivity contribution in [2.45, 2.75) is 39.3 Å². The first kappa shape index (κ1) is 15.5. The summed E-state index contributed by atoms with van der Waals surface area (Å²) >= 11 is 0. The molecule has 0 spiro atoms. The van der Waals surface area contributed by atoms with Crippen molar-refractivity contribution in [3.05, 3.63) is 0 Å². The number of rotatable bonds is 1. The van der Waals surface area contributed by atoms with Gasteiger partial charge in [0, 0.05) is 19.6 Å². The van der Waals surface area contributed by atoms with Gasteiger partial charge in [-0.2, -0.15) is 0 Å². The number of ether oxygens (including phenoxy) is 1. The highest BCUT2D eigenvalue weighted by molar-refractivity contribution is 5.82. The second-order valence-corrected chi connectivity index (χ2v) is 6.22. The van der Waals surface area contributed by atoms with Crippen LogP contribution >= 0.6 is 0 Å². The molecule has 0 radical (unpaired) electrons. The number of piperazine rings is 1. The fourth-order valence-electron chi connectivity index (χ4n) is 2.43. The van der Waals surface area contributed by atoms with E-state index in [0.29, 0.717) is 26.2 Å². The minimum Gasteiger partial charge on any atom is -0.444 e. The number of hydrogen-bond donors (Lipinski definition) is 1. The number of hydrogen-bond acceptors (Lipinski definition) is 5. The van der Waals surface area contributed by atoms with Gasteiger partial charge < -0.3 is 19.9 Å². The molecule has 0 aromatic carbocycles. The van der Waals surface area contributed by atoms with Gasteiger partial charge in [-0.05, 0) is 27.7 Å². The Labute approximate surface area is 126 Å². The van der Waals surface area contributed by atoms with Crippen molar-refractivity contribution in [1.82, 2.24) is 15.1 Å². The Morgan fingerprint density at radius 3 is 2.90 bits per heavy atom. The maximum Gasteiger partial charge on any atom is 0.410 e. The van der Waals surface area contributed by atoms with Crippen molar-refractivity contribution in [2.24, 2.45) is 4.99 Å². The van der Waals surface area contributed by atoms with Crippen LogP contribution < -0.4 is 5.32 Å². The minimum absolute atomic E-state index is 0.236. The molecule has 21 heavy (non-hydrogen) atoms. The van der Waals surface area contributed by atoms with Crippen molar-refractivity contribution < 1.29 is 9.53 Å². The summed E-state index contributed by atoms with van der Waals surface area (Å²) in [7, 11) is 0. The van der Waals surface area contributed by atoms with Gasteiger partial charge in [-0.15, -0.1) is 5.92 Å². The molecule has 0 aromatic heterocycles. The third kappa shape index (κ3) is 4.03. The molecule has 2 aliphatic heterocycles. The van der Waals surface area contributed by atoms with Gasteiger partial charge in [-0.1, -0.05) is 5.92 Å². The largest absolute Gasteiger partial charge is 0.444 e. The molecule has 0 bridgehead atoms. The van der Waals surface area contributed by atoms with Gasteiger partial charge in [0.15, 0.2) is 5.96 Å². The Morgan fingerprint density at radius 1 is 1.48 bits per heavy atom. The van der Waals surface area contributed by atoms with Gasteiger partial charge in [0.05, 0.1) is 19.1 Å². The average Bonchev–Trinajstić information content (AvgIpc) is 2.80. The number of amides is 1. The lowest BCUT2D eigenvalue weighted by Gasteiger charge is -2.39. The van der Waals surface area contributed by atoms with E-state index >= 15 is 0 Å². The third-order valence-electron chi connectivity index (χ3n) is 3.37. The summed E-state index contributed by atoms with van der Waals surface area (Å²) < 4.78 is 5.43. The molecule has 2 rings (SSSR count). The molecule has 0 saturated carbocycles. The van der Waals surface area contributed by atoms with Crippen LogP contribution in [0.1, 0.15) is 27.7 Å². The highest BCUT2D eigenvalue weighted by Crippen LogP contribution is 2.18. The molecule has 1 fully saturated rings. The van der Waals surface area contributed by atoms with Gasteiger partial charge in [-0.3, -0.25) is 4.99 Å². The molecule has 1 saturated heterocycles. The van der Waals surface area contributed by atoms with Crippen LogP contribution in [0.25, 0.3) is 0 Å². The molecule has 1 N–H and O–H groups in total. The minimum atomic E-state index is -0.452. The van der Waals surface area contributed by atoms with Crippen molar-refractivity contribution in [3.63, 3.8) is 0 Å². The quantitative estimate of drug-likeness (QED) is 0.729. The predicted octanol–water partition coefficient (Wildman–Crippen LogP) is 0.890. The molecule has 1 amide bonds. The summed E-state index contributed by atoms with van der Waals surface area (Å²) in [4.78, 5) is 20.6. The van der Waals surface area contributed by atoms with E-state index in [1.807, 2.05) is 27.7 Å². The molecule has 6 nitrogen and oxygen atoms in total. The SMILES string of the molecule is CC#CCNC1=NC[C@@H]2CN(C(=O)OC(C)(C)C)CCN12. The lowest BCUT2D eigenvalue weighted by Crippen LogP contribution is -2.57. The molecule has 0 aromatic rings. The molecule has 6 heteroatoms. The van der Waals surface area contributed by atoms with E-state index in [1.54, 1.807) is 4.90 Å². The van der Waals surface area contributed by atoms with Crippen molar-refractivity contribution in [2.75, 3.05) is 32.7 Å². The van der Waals surface area contributed by atoms with Crippen LogP contribution in [0, 0.1) is 11.8 Å². The number of guanidine groups is 1. The Morgan fingerprint density at radius 2 is 2.24 bits per heavy atom. The van der Waals surface area contributed by atoms with Crippen molar-refractivity contribution in [1.29, 1.82) is 0 Å². The third-order valence-corrected chi connectivity index (χ3v) is 3.37. The monoisotopic (exact) mass is 292 g/mol. The molecule has 116 valence electrons. The number of fused-ring (bicyclic) bond motifs is 1. The standard InChI is InChI=1S/C15H24N4O2/c1-5-6-7-16-13-17-10-12-11-18(8-9-19(12)13)14(20)21-15(2,3)4/h12H,7-11H2,1-4H3,(H,16,17)/t12-/m1/s1. The molecule has 2 heterocycles. The zero-order valence-electron chi connectivity index (χ0n) is 13.3. The van der Waals surface area contributed by atoms with Crippen LogP contribution in [0.3, 0.4) is 0 Å². The summed E-state index contributed by atoms with van der Waals surface area (Å²) in [5.74, 6) is 6.72. The molecule has 1 atom stereocenters. The van der Waals surface area contributed by atoms with Crippen LogP contribution in [0.15, 0.2) is 4.99 Å². The van der Waals surface area contributed by atoms with Crippen LogP contribution in [0.5, 0.6) is 0 Å². The number of carbonyl (C=O) groups excluding carboxylic acids is 1. The van der Waals surface area contributed by atoms with Crippen LogP contribution in [0.4, 0.5) is 4.79 Å². The summed E-state index contributed by atoms with van der Waals surface area (Å²) in [6.45, 7) is 10.9. The zero-order chi connectivity index (χ0) is 15.5. The lowest BCUT2D eigenvalue weighted by molar-refractivity contribution is 0.0137. The zero-order valence-corrected chi connectivity index (χ0v) is 13.3. The van der Waals surface area contributed by atoms with Gasteiger partial charge in [-0.25, -0.2) is 4.79 Å². The molecule has 2 aliphatic rings. The second-order valence-electron chi connectivity index (χ2n) is 6.22. The fraction of sp³-hybridized carbons (Fsp3) is 0.733. The van der Waals surface area contributed by atoms with Crippen LogP contribution in [0.2, 0.25) is 0 Å². The smallest absolute Gasteiger partial charge is 0.410 e. The predicted molar refractivity (Wildman–Crippen MR) is 82.1 cm³/mol. The fourth-order valence-corrected chi connectivity index (χ4v) is 2.43. The van der Waals surface area contributed by atoms with Crippen LogP contribution in [-0.4, -0.2) is 66.2 Å². The number of carbonyl (C=O) groups is 1. The van der Waals surface area contributed by atoms with E-state index in [2.05, 4.69) is 27.0 Å². The lowest BCUT2D eigenvalue weighted by atomic mass is 10.2. The van der Waals surface area contributed by atoms with Gasteiger partial charge in [0.25, 0.3) is 0 Å². The Hall–Kier alpha value is -1.90. The number of nitrogens with zero attached hydrogens (tertiary/aromatic N) is 3. The summed E-state index contributed by atoms with van der Waals surface area (Å²) in [5.41, 5.74) is -0.452. The van der Waals surface area contributed by atoms with Gasteiger partial charge in [0.1, 0.15) is 5.60 Å². The van der Waals surface area contributed by atoms with E-state index in [-0.39, 0.29) is 12.1 Å². The Kier molecular flexibility index (Phi) is 4.61. The van der Waals surface area contributed by atoms with E-state index < -0.39 is 5.60 Å². The van der Waals surface area contributed by atoms with E-state index in [1.165, 1.54) is 0 Å². The van der Waals surface area contributed by atoms with E-state index in [0.717, 1.165) is 12.5 Å².